The van der Waals surface area contributed by atoms with Crippen LogP contribution in [-0.2, 0) is 4.79 Å². The van der Waals surface area contributed by atoms with Crippen LogP contribution in [0.15, 0.2) is 48.8 Å². The van der Waals surface area contributed by atoms with Gasteiger partial charge in [-0.15, -0.1) is 0 Å². The number of anilines is 1. The second kappa shape index (κ2) is 8.72. The van der Waals surface area contributed by atoms with E-state index >= 15 is 0 Å². The lowest BCUT2D eigenvalue weighted by Gasteiger charge is -2.26. The number of hydrogen-bond donors (Lipinski definition) is 1. The van der Waals surface area contributed by atoms with Crippen LogP contribution in [0, 0.1) is 0 Å². The van der Waals surface area contributed by atoms with E-state index in [9.17, 15) is 18.4 Å². The molecule has 198 valence electrons. The van der Waals surface area contributed by atoms with Gasteiger partial charge in [0.05, 0.1) is 29.7 Å². The van der Waals surface area contributed by atoms with E-state index in [1.54, 1.807) is 36.5 Å². The van der Waals surface area contributed by atoms with E-state index in [2.05, 4.69) is 15.3 Å². The summed E-state index contributed by atoms with van der Waals surface area (Å²) < 4.78 is 33.6. The molecule has 2 aromatic carbocycles. The van der Waals surface area contributed by atoms with E-state index < -0.39 is 12.7 Å². The Morgan fingerprint density at radius 1 is 1.08 bits per heavy atom. The number of aromatic nitrogens is 4. The Kier molecular flexibility index (Phi) is 5.25. The SMILES string of the molecule is CN1C(=O)c2cccc(OC(F)F)c2[C@H]2C[C@@H]1c1nc3ccc(-c4cnc(N5CCNC(=O)C5)nc4)cc3n12. The summed E-state index contributed by atoms with van der Waals surface area (Å²) >= 11 is 0. The molecule has 0 radical (unpaired) electrons. The number of alkyl halides is 2. The van der Waals surface area contributed by atoms with Crippen molar-refractivity contribution in [2.75, 3.05) is 31.6 Å². The fraction of sp³-hybridized carbons (Fsp3) is 0.296. The number of hydrogen-bond acceptors (Lipinski definition) is 7. The molecule has 0 spiro atoms. The van der Waals surface area contributed by atoms with E-state index in [-0.39, 0.29) is 30.2 Å². The van der Waals surface area contributed by atoms with E-state index in [0.717, 1.165) is 22.2 Å². The van der Waals surface area contributed by atoms with E-state index in [4.69, 9.17) is 9.72 Å². The molecule has 7 rings (SSSR count). The Labute approximate surface area is 221 Å². The summed E-state index contributed by atoms with van der Waals surface area (Å²) in [5.74, 6) is 0.873. The van der Waals surface area contributed by atoms with Crippen LogP contribution in [-0.4, -0.2) is 69.5 Å². The molecule has 39 heavy (non-hydrogen) atoms. The van der Waals surface area contributed by atoms with Gasteiger partial charge in [-0.1, -0.05) is 12.1 Å². The van der Waals surface area contributed by atoms with Crippen molar-refractivity contribution in [3.05, 3.63) is 65.7 Å². The number of imidazole rings is 1. The Morgan fingerprint density at radius 3 is 2.67 bits per heavy atom. The maximum Gasteiger partial charge on any atom is 0.387 e. The molecular formula is C27H23F2N7O3. The number of halogens is 2. The molecule has 0 saturated carbocycles. The minimum Gasteiger partial charge on any atom is -0.434 e. The lowest BCUT2D eigenvalue weighted by atomic mass is 9.97. The zero-order chi connectivity index (χ0) is 26.8. The number of nitrogens with one attached hydrogen (secondary N) is 1. The number of carbonyl (C=O) groups is 2. The van der Waals surface area contributed by atoms with Crippen LogP contribution in [0.25, 0.3) is 22.2 Å². The highest BCUT2D eigenvalue weighted by Gasteiger charge is 2.45. The quantitative estimate of drug-likeness (QED) is 0.431. The number of benzene rings is 2. The standard InChI is InChI=1S/C27H23F2N7O3/c1-34-20-10-19(23-16(25(34)38)3-2-4-21(23)39-26(28)29)36-18-9-14(5-6-17(18)33-24(20)36)15-11-31-27(32-12-15)35-8-7-30-22(37)13-35/h2-6,9,11-12,19-20,26H,7-8,10,13H2,1H3,(H,30,37)/t19-,20-/m1/s1. The molecule has 0 unspecified atom stereocenters. The minimum absolute atomic E-state index is 0.00358. The van der Waals surface area contributed by atoms with Crippen LogP contribution < -0.4 is 15.0 Å². The van der Waals surface area contributed by atoms with Gasteiger partial charge in [0.1, 0.15) is 11.6 Å². The van der Waals surface area contributed by atoms with E-state index in [0.29, 0.717) is 42.4 Å². The number of nitrogens with zero attached hydrogens (tertiary/aromatic N) is 6. The summed E-state index contributed by atoms with van der Waals surface area (Å²) in [5.41, 5.74) is 3.98. The number of amides is 2. The molecule has 3 aliphatic rings. The highest BCUT2D eigenvalue weighted by Crippen LogP contribution is 2.50. The monoisotopic (exact) mass is 531 g/mol. The maximum atomic E-state index is 13.3. The summed E-state index contributed by atoms with van der Waals surface area (Å²) in [4.78, 5) is 42.3. The smallest absolute Gasteiger partial charge is 0.387 e. The van der Waals surface area contributed by atoms with Crippen molar-refractivity contribution in [1.82, 2.24) is 29.7 Å². The zero-order valence-corrected chi connectivity index (χ0v) is 20.8. The number of ether oxygens (including phenoxy) is 1. The zero-order valence-electron chi connectivity index (χ0n) is 20.8. The fourth-order valence-corrected chi connectivity index (χ4v) is 5.90. The van der Waals surface area contributed by atoms with Crippen LogP contribution in [0.5, 0.6) is 5.75 Å². The van der Waals surface area contributed by atoms with Crippen LogP contribution in [0.3, 0.4) is 0 Å². The van der Waals surface area contributed by atoms with Gasteiger partial charge in [-0.2, -0.15) is 8.78 Å². The number of rotatable bonds is 4. The highest BCUT2D eigenvalue weighted by atomic mass is 19.3. The van der Waals surface area contributed by atoms with Gasteiger partial charge in [-0.3, -0.25) is 9.59 Å². The molecule has 2 aromatic heterocycles. The molecule has 0 aliphatic carbocycles. The second-order valence-corrected chi connectivity index (χ2v) is 9.87. The highest BCUT2D eigenvalue weighted by molar-refractivity contribution is 5.98. The normalized spacial score (nSPS) is 20.2. The van der Waals surface area contributed by atoms with Crippen molar-refractivity contribution in [3.8, 4) is 16.9 Å². The van der Waals surface area contributed by atoms with Crippen LogP contribution in [0.1, 0.15) is 40.3 Å². The molecule has 2 amide bonds. The van der Waals surface area contributed by atoms with Crippen molar-refractivity contribution < 1.29 is 23.1 Å². The Balaban J connectivity index is 1.32. The molecule has 2 bridgehead atoms. The van der Waals surface area contributed by atoms with Gasteiger partial charge in [-0.25, -0.2) is 15.0 Å². The lowest BCUT2D eigenvalue weighted by Crippen LogP contribution is -2.48. The van der Waals surface area contributed by atoms with Gasteiger partial charge < -0.3 is 24.4 Å². The average molecular weight is 532 g/mol. The van der Waals surface area contributed by atoms with Crippen molar-refractivity contribution in [3.63, 3.8) is 0 Å². The Bertz CT molecular complexity index is 1640. The van der Waals surface area contributed by atoms with Gasteiger partial charge in [0.25, 0.3) is 5.91 Å². The summed E-state index contributed by atoms with van der Waals surface area (Å²) in [6, 6.07) is 9.78. The lowest BCUT2D eigenvalue weighted by molar-refractivity contribution is -0.120. The molecule has 1 N–H and O–H groups in total. The third-order valence-corrected chi connectivity index (χ3v) is 7.70. The van der Waals surface area contributed by atoms with Crippen molar-refractivity contribution in [1.29, 1.82) is 0 Å². The first-order chi connectivity index (χ1) is 18.9. The molecule has 2 atom stereocenters. The first-order valence-corrected chi connectivity index (χ1v) is 12.6. The first-order valence-electron chi connectivity index (χ1n) is 12.6. The molecule has 3 aliphatic heterocycles. The van der Waals surface area contributed by atoms with Gasteiger partial charge >= 0.3 is 6.61 Å². The van der Waals surface area contributed by atoms with E-state index in [1.807, 2.05) is 27.7 Å². The molecule has 12 heteroatoms. The van der Waals surface area contributed by atoms with Crippen LogP contribution in [0.2, 0.25) is 0 Å². The molecule has 10 nitrogen and oxygen atoms in total. The number of piperazine rings is 1. The number of carbonyl (C=O) groups excluding carboxylic acids is 2. The minimum atomic E-state index is -3.02. The van der Waals surface area contributed by atoms with Crippen molar-refractivity contribution >= 4 is 28.8 Å². The van der Waals surface area contributed by atoms with Crippen molar-refractivity contribution in [2.24, 2.45) is 0 Å². The van der Waals surface area contributed by atoms with Crippen LogP contribution >= 0.6 is 0 Å². The summed E-state index contributed by atoms with van der Waals surface area (Å²) in [6.45, 7) is -1.62. The van der Waals surface area contributed by atoms with E-state index in [1.165, 1.54) is 6.07 Å². The summed E-state index contributed by atoms with van der Waals surface area (Å²) in [7, 11) is 1.71. The van der Waals surface area contributed by atoms with Gasteiger partial charge in [0.15, 0.2) is 0 Å². The molecule has 5 heterocycles. The Hall–Kier alpha value is -4.61. The second-order valence-electron chi connectivity index (χ2n) is 9.87. The maximum absolute atomic E-state index is 13.3. The van der Waals surface area contributed by atoms with Crippen LogP contribution in [0.4, 0.5) is 14.7 Å². The average Bonchev–Trinajstić information content (AvgIpc) is 3.46. The molecule has 1 fully saturated rings. The van der Waals surface area contributed by atoms with Gasteiger partial charge in [-0.05, 0) is 29.8 Å². The topological polar surface area (TPSA) is 105 Å². The first kappa shape index (κ1) is 23.5. The largest absolute Gasteiger partial charge is 0.434 e. The predicted molar refractivity (Wildman–Crippen MR) is 137 cm³/mol. The summed E-state index contributed by atoms with van der Waals surface area (Å²) in [6.07, 6.45) is 3.94. The molecular weight excluding hydrogens is 508 g/mol. The number of fused-ring (bicyclic) bond motifs is 9. The van der Waals surface area contributed by atoms with Gasteiger partial charge in [0.2, 0.25) is 11.9 Å². The van der Waals surface area contributed by atoms with Crippen molar-refractivity contribution in [2.45, 2.75) is 25.1 Å². The summed E-state index contributed by atoms with van der Waals surface area (Å²) in [5, 5.41) is 2.79. The molecule has 4 aromatic rings. The van der Waals surface area contributed by atoms with Gasteiger partial charge in [0, 0.05) is 55.6 Å². The fourth-order valence-electron chi connectivity index (χ4n) is 5.90. The third kappa shape index (κ3) is 3.69. The molecule has 1 saturated heterocycles. The predicted octanol–water partition coefficient (Wildman–Crippen LogP) is 3.15. The Morgan fingerprint density at radius 2 is 1.90 bits per heavy atom. The third-order valence-electron chi connectivity index (χ3n) is 7.70.